The van der Waals surface area contributed by atoms with Crippen LogP contribution in [0, 0.1) is 0 Å². The summed E-state index contributed by atoms with van der Waals surface area (Å²) in [5.41, 5.74) is -0.515. The molecule has 134 valence electrons. The average molecular weight is 358 g/mol. The number of hydrogen-bond donors (Lipinski definition) is 2. The zero-order chi connectivity index (χ0) is 18.3. The summed E-state index contributed by atoms with van der Waals surface area (Å²) in [5.74, 6) is -0.628. The van der Waals surface area contributed by atoms with E-state index >= 15 is 0 Å². The molecule has 0 radical (unpaired) electrons. The summed E-state index contributed by atoms with van der Waals surface area (Å²) in [7, 11) is 1.46. The fourth-order valence-electron chi connectivity index (χ4n) is 2.46. The molecule has 0 bridgehead atoms. The Kier molecular flexibility index (Phi) is 7.35. The van der Waals surface area contributed by atoms with Crippen LogP contribution in [-0.2, 0) is 4.79 Å². The van der Waals surface area contributed by atoms with Gasteiger partial charge in [0.2, 0.25) is 0 Å². The Hall–Kier alpha value is -1.95. The first-order valence-corrected chi connectivity index (χ1v) is 8.24. The van der Waals surface area contributed by atoms with Gasteiger partial charge in [0.05, 0.1) is 30.7 Å². The Labute approximate surface area is 147 Å². The first-order chi connectivity index (χ1) is 11.3. The lowest BCUT2D eigenvalue weighted by Gasteiger charge is -2.31. The lowest BCUT2D eigenvalue weighted by Crippen LogP contribution is -2.49. The molecule has 1 aromatic carbocycles. The summed E-state index contributed by atoms with van der Waals surface area (Å²) in [6, 6.07) is 3.02. The normalized spacial score (nSPS) is 11.0. The molecule has 2 N–H and O–H groups in total. The van der Waals surface area contributed by atoms with Crippen molar-refractivity contribution in [3.05, 3.63) is 22.7 Å². The summed E-state index contributed by atoms with van der Waals surface area (Å²) in [5, 5.41) is 12.2. The zero-order valence-corrected chi connectivity index (χ0v) is 15.2. The minimum absolute atomic E-state index is 0.145. The third-order valence-electron chi connectivity index (χ3n) is 4.00. The molecule has 0 aliphatic carbocycles. The minimum Gasteiger partial charge on any atom is -0.493 e. The summed E-state index contributed by atoms with van der Waals surface area (Å²) in [4.78, 5) is 23.7. The van der Waals surface area contributed by atoms with Crippen molar-refractivity contribution in [1.82, 2.24) is 5.32 Å². The van der Waals surface area contributed by atoms with Gasteiger partial charge in [0.1, 0.15) is 0 Å². The molecule has 24 heavy (non-hydrogen) atoms. The van der Waals surface area contributed by atoms with E-state index < -0.39 is 17.4 Å². The molecule has 0 aliphatic rings. The van der Waals surface area contributed by atoms with E-state index in [2.05, 4.69) is 5.32 Å². The molecule has 0 fully saturated rings. The van der Waals surface area contributed by atoms with Crippen LogP contribution in [0.15, 0.2) is 12.1 Å². The molecule has 1 aromatic rings. The number of ether oxygens (including phenoxy) is 2. The number of rotatable bonds is 9. The highest BCUT2D eigenvalue weighted by atomic mass is 35.5. The molecule has 1 amide bonds. The topological polar surface area (TPSA) is 84.9 Å². The number of carboxylic acid groups (broad SMARTS) is 1. The van der Waals surface area contributed by atoms with Gasteiger partial charge in [0.15, 0.2) is 11.5 Å². The molecule has 0 aromatic heterocycles. The second-order valence-electron chi connectivity index (χ2n) is 5.43. The van der Waals surface area contributed by atoms with Crippen molar-refractivity contribution < 1.29 is 24.2 Å². The maximum atomic E-state index is 12.6. The number of carbonyl (C=O) groups excluding carboxylic acids is 1. The van der Waals surface area contributed by atoms with Crippen LogP contribution in [-0.4, -0.2) is 36.2 Å². The second kappa shape index (κ2) is 8.78. The highest BCUT2D eigenvalue weighted by Gasteiger charge is 2.31. The predicted molar refractivity (Wildman–Crippen MR) is 92.2 cm³/mol. The van der Waals surface area contributed by atoms with Crippen LogP contribution >= 0.6 is 11.6 Å². The third kappa shape index (κ3) is 4.77. The van der Waals surface area contributed by atoms with Crippen molar-refractivity contribution in [2.45, 2.75) is 45.6 Å². The summed E-state index contributed by atoms with van der Waals surface area (Å²) >= 11 is 6.18. The van der Waals surface area contributed by atoms with E-state index in [0.29, 0.717) is 30.9 Å². The maximum absolute atomic E-state index is 12.6. The number of benzene rings is 1. The van der Waals surface area contributed by atoms with Gasteiger partial charge < -0.3 is 19.9 Å². The number of amides is 1. The van der Waals surface area contributed by atoms with Crippen LogP contribution in [0.4, 0.5) is 0 Å². The lowest BCUT2D eigenvalue weighted by atomic mass is 9.88. The summed E-state index contributed by atoms with van der Waals surface area (Å²) in [6.07, 6.45) is 0.862. The smallest absolute Gasteiger partial charge is 0.305 e. The molecule has 6 nitrogen and oxygen atoms in total. The monoisotopic (exact) mass is 357 g/mol. The van der Waals surface area contributed by atoms with E-state index in [0.717, 1.165) is 0 Å². The van der Waals surface area contributed by atoms with Crippen molar-refractivity contribution in [3.8, 4) is 11.5 Å². The van der Waals surface area contributed by atoms with Crippen molar-refractivity contribution in [2.75, 3.05) is 13.7 Å². The first-order valence-electron chi connectivity index (χ1n) is 7.87. The largest absolute Gasteiger partial charge is 0.493 e. The van der Waals surface area contributed by atoms with Crippen LogP contribution in [0.25, 0.3) is 0 Å². The van der Waals surface area contributed by atoms with Gasteiger partial charge in [0.25, 0.3) is 5.91 Å². The fourth-order valence-corrected chi connectivity index (χ4v) is 2.72. The first kappa shape index (κ1) is 20.1. The number of methoxy groups -OCH3 is 1. The van der Waals surface area contributed by atoms with Crippen molar-refractivity contribution in [2.24, 2.45) is 0 Å². The Balaban J connectivity index is 3.14. The minimum atomic E-state index is -0.957. The molecular formula is C17H24ClNO5. The van der Waals surface area contributed by atoms with Gasteiger partial charge in [-0.3, -0.25) is 9.59 Å². The standard InChI is InChI=1S/C17H24ClNO5/c1-5-17(6-2,10-14(20)21)19-16(22)11-8-12(18)15(24-7-3)13(9-11)23-4/h8-9H,5-7,10H2,1-4H3,(H,19,22)(H,20,21). The number of halogens is 1. The van der Waals surface area contributed by atoms with Crippen LogP contribution in [0.3, 0.4) is 0 Å². The third-order valence-corrected chi connectivity index (χ3v) is 4.28. The Morgan fingerprint density at radius 3 is 2.33 bits per heavy atom. The molecule has 0 unspecified atom stereocenters. The molecule has 1 rings (SSSR count). The molecular weight excluding hydrogens is 334 g/mol. The average Bonchev–Trinajstić information content (AvgIpc) is 2.55. The van der Waals surface area contributed by atoms with Gasteiger partial charge in [-0.05, 0) is 31.9 Å². The summed E-state index contributed by atoms with van der Waals surface area (Å²) in [6.45, 7) is 5.92. The molecule has 0 heterocycles. The van der Waals surface area contributed by atoms with E-state index in [4.69, 9.17) is 26.2 Å². The van der Waals surface area contributed by atoms with Gasteiger partial charge in [-0.25, -0.2) is 0 Å². The van der Waals surface area contributed by atoms with E-state index in [1.54, 1.807) is 0 Å². The second-order valence-corrected chi connectivity index (χ2v) is 5.84. The van der Waals surface area contributed by atoms with Crippen LogP contribution in [0.2, 0.25) is 5.02 Å². The highest BCUT2D eigenvalue weighted by Crippen LogP contribution is 2.36. The number of carbonyl (C=O) groups is 2. The number of carboxylic acids is 1. The van der Waals surface area contributed by atoms with Gasteiger partial charge >= 0.3 is 5.97 Å². The van der Waals surface area contributed by atoms with Crippen LogP contribution in [0.5, 0.6) is 11.5 Å². The van der Waals surface area contributed by atoms with E-state index in [-0.39, 0.29) is 17.0 Å². The SMILES string of the molecule is CCOc1c(Cl)cc(C(=O)NC(CC)(CC)CC(=O)O)cc1OC. The van der Waals surface area contributed by atoms with Crippen LogP contribution in [0.1, 0.15) is 50.4 Å². The molecule has 0 atom stereocenters. The van der Waals surface area contributed by atoms with Gasteiger partial charge in [-0.1, -0.05) is 25.4 Å². The number of aliphatic carboxylic acids is 1. The molecule has 0 aliphatic heterocycles. The molecule has 0 saturated heterocycles. The Bertz CT molecular complexity index is 599. The fraction of sp³-hybridized carbons (Fsp3) is 0.529. The van der Waals surface area contributed by atoms with Crippen LogP contribution < -0.4 is 14.8 Å². The number of hydrogen-bond acceptors (Lipinski definition) is 4. The molecule has 0 spiro atoms. The van der Waals surface area contributed by atoms with E-state index in [1.165, 1.54) is 19.2 Å². The van der Waals surface area contributed by atoms with Gasteiger partial charge in [-0.15, -0.1) is 0 Å². The van der Waals surface area contributed by atoms with Crippen molar-refractivity contribution in [1.29, 1.82) is 0 Å². The van der Waals surface area contributed by atoms with Gasteiger partial charge in [-0.2, -0.15) is 0 Å². The Morgan fingerprint density at radius 1 is 1.25 bits per heavy atom. The Morgan fingerprint density at radius 2 is 1.88 bits per heavy atom. The van der Waals surface area contributed by atoms with Crippen molar-refractivity contribution >= 4 is 23.5 Å². The van der Waals surface area contributed by atoms with Gasteiger partial charge in [0, 0.05) is 5.56 Å². The number of nitrogens with one attached hydrogen (secondary N) is 1. The van der Waals surface area contributed by atoms with E-state index in [9.17, 15) is 9.59 Å². The molecule has 0 saturated carbocycles. The predicted octanol–water partition coefficient (Wildman–Crippen LogP) is 3.51. The lowest BCUT2D eigenvalue weighted by molar-refractivity contribution is -0.138. The summed E-state index contributed by atoms with van der Waals surface area (Å²) < 4.78 is 10.7. The van der Waals surface area contributed by atoms with Crippen molar-refractivity contribution in [3.63, 3.8) is 0 Å². The molecule has 7 heteroatoms. The zero-order valence-electron chi connectivity index (χ0n) is 14.4. The van der Waals surface area contributed by atoms with E-state index in [1.807, 2.05) is 20.8 Å². The quantitative estimate of drug-likeness (QED) is 0.706. The maximum Gasteiger partial charge on any atom is 0.305 e. The highest BCUT2D eigenvalue weighted by molar-refractivity contribution is 6.32.